The van der Waals surface area contributed by atoms with Gasteiger partial charge < -0.3 is 11.1 Å². The second-order valence-corrected chi connectivity index (χ2v) is 6.10. The first-order valence-electron chi connectivity index (χ1n) is 7.12. The van der Waals surface area contributed by atoms with Gasteiger partial charge in [0.2, 0.25) is 0 Å². The second-order valence-electron chi connectivity index (χ2n) is 6.10. The van der Waals surface area contributed by atoms with Gasteiger partial charge in [0.15, 0.2) is 0 Å². The van der Waals surface area contributed by atoms with E-state index in [4.69, 9.17) is 5.73 Å². The van der Waals surface area contributed by atoms with E-state index in [9.17, 15) is 4.79 Å². The Balaban J connectivity index is 2.37. The predicted molar refractivity (Wildman–Crippen MR) is 78.1 cm³/mol. The molecule has 2 rings (SSSR count). The fraction of sp³-hybridized carbons (Fsp3) is 0.562. The molecule has 1 amide bonds. The van der Waals surface area contributed by atoms with Gasteiger partial charge in [0, 0.05) is 18.2 Å². The van der Waals surface area contributed by atoms with Crippen LogP contribution in [0.2, 0.25) is 0 Å². The zero-order chi connectivity index (χ0) is 14.0. The van der Waals surface area contributed by atoms with Crippen LogP contribution < -0.4 is 11.1 Å². The van der Waals surface area contributed by atoms with Gasteiger partial charge >= 0.3 is 0 Å². The summed E-state index contributed by atoms with van der Waals surface area (Å²) in [6.45, 7) is 7.25. The van der Waals surface area contributed by atoms with Crippen LogP contribution in [-0.4, -0.2) is 12.5 Å². The third-order valence-electron chi connectivity index (χ3n) is 4.40. The van der Waals surface area contributed by atoms with Crippen molar-refractivity contribution in [3.8, 4) is 0 Å². The van der Waals surface area contributed by atoms with Gasteiger partial charge in [0.1, 0.15) is 0 Å². The molecule has 3 heteroatoms. The molecule has 1 aliphatic rings. The fourth-order valence-corrected chi connectivity index (χ4v) is 2.46. The number of hydrogen-bond acceptors (Lipinski definition) is 2. The number of carbonyl (C=O) groups is 1. The van der Waals surface area contributed by atoms with Gasteiger partial charge in [0.05, 0.1) is 0 Å². The van der Waals surface area contributed by atoms with Crippen molar-refractivity contribution in [2.45, 2.75) is 46.1 Å². The fourth-order valence-electron chi connectivity index (χ4n) is 2.46. The standard InChI is InChI=1S/C16H24N2O/c1-4-16(2,3)14(17)12-8-7-11-6-5-9-18-15(19)13(11)10-12/h7-8,10,14H,4-6,9,17H2,1-3H3,(H,18,19). The maximum Gasteiger partial charge on any atom is 0.251 e. The van der Waals surface area contributed by atoms with Gasteiger partial charge in [-0.05, 0) is 41.9 Å². The van der Waals surface area contributed by atoms with Crippen molar-refractivity contribution < 1.29 is 4.79 Å². The number of nitrogens with one attached hydrogen (secondary N) is 1. The van der Waals surface area contributed by atoms with E-state index in [1.807, 2.05) is 6.07 Å². The van der Waals surface area contributed by atoms with E-state index in [2.05, 4.69) is 38.2 Å². The van der Waals surface area contributed by atoms with E-state index in [0.717, 1.165) is 42.5 Å². The lowest BCUT2D eigenvalue weighted by molar-refractivity contribution is 0.0956. The summed E-state index contributed by atoms with van der Waals surface area (Å²) < 4.78 is 0. The van der Waals surface area contributed by atoms with Crippen molar-refractivity contribution in [2.24, 2.45) is 11.1 Å². The van der Waals surface area contributed by atoms with Crippen molar-refractivity contribution in [1.29, 1.82) is 0 Å². The van der Waals surface area contributed by atoms with Crippen LogP contribution in [0, 0.1) is 5.41 Å². The van der Waals surface area contributed by atoms with Crippen molar-refractivity contribution in [3.63, 3.8) is 0 Å². The average molecular weight is 260 g/mol. The van der Waals surface area contributed by atoms with E-state index in [1.165, 1.54) is 0 Å². The largest absolute Gasteiger partial charge is 0.352 e. The van der Waals surface area contributed by atoms with Gasteiger partial charge in [-0.2, -0.15) is 0 Å². The quantitative estimate of drug-likeness (QED) is 0.878. The van der Waals surface area contributed by atoms with Crippen LogP contribution in [0.3, 0.4) is 0 Å². The van der Waals surface area contributed by atoms with Crippen molar-refractivity contribution in [3.05, 3.63) is 34.9 Å². The van der Waals surface area contributed by atoms with Gasteiger partial charge in [-0.15, -0.1) is 0 Å². The smallest absolute Gasteiger partial charge is 0.251 e. The lowest BCUT2D eigenvalue weighted by Gasteiger charge is -2.31. The summed E-state index contributed by atoms with van der Waals surface area (Å²) in [7, 11) is 0. The molecule has 1 unspecified atom stereocenters. The Morgan fingerprint density at radius 2 is 2.16 bits per heavy atom. The van der Waals surface area contributed by atoms with Crippen LogP contribution in [0.1, 0.15) is 61.1 Å². The molecule has 1 aliphatic heterocycles. The SMILES string of the molecule is CCC(C)(C)C(N)c1ccc2c(c1)C(=O)NCCC2. The maximum absolute atomic E-state index is 12.0. The van der Waals surface area contributed by atoms with Crippen LogP contribution in [0.5, 0.6) is 0 Å². The molecular formula is C16H24N2O. The Labute approximate surface area is 115 Å². The number of hydrogen-bond donors (Lipinski definition) is 2. The average Bonchev–Trinajstić information content (AvgIpc) is 2.59. The first-order valence-corrected chi connectivity index (χ1v) is 7.12. The van der Waals surface area contributed by atoms with Crippen LogP contribution in [0.15, 0.2) is 18.2 Å². The molecule has 0 saturated heterocycles. The molecular weight excluding hydrogens is 236 g/mol. The molecule has 0 saturated carbocycles. The summed E-state index contributed by atoms with van der Waals surface area (Å²) in [6, 6.07) is 6.09. The summed E-state index contributed by atoms with van der Waals surface area (Å²) in [5, 5.41) is 2.94. The Hall–Kier alpha value is -1.35. The number of aryl methyl sites for hydroxylation is 1. The maximum atomic E-state index is 12.0. The number of fused-ring (bicyclic) bond motifs is 1. The van der Waals surface area contributed by atoms with E-state index in [0.29, 0.717) is 0 Å². The highest BCUT2D eigenvalue weighted by Crippen LogP contribution is 2.35. The zero-order valence-corrected chi connectivity index (χ0v) is 12.1. The summed E-state index contributed by atoms with van der Waals surface area (Å²) in [6.07, 6.45) is 2.98. The van der Waals surface area contributed by atoms with Crippen LogP contribution in [0.4, 0.5) is 0 Å². The molecule has 1 heterocycles. The molecule has 0 bridgehead atoms. The van der Waals surface area contributed by atoms with Crippen LogP contribution >= 0.6 is 0 Å². The number of carbonyl (C=O) groups excluding carboxylic acids is 1. The van der Waals surface area contributed by atoms with Gasteiger partial charge in [-0.3, -0.25) is 4.79 Å². The third-order valence-corrected chi connectivity index (χ3v) is 4.40. The van der Waals surface area contributed by atoms with Crippen molar-refractivity contribution in [1.82, 2.24) is 5.32 Å². The van der Waals surface area contributed by atoms with E-state index < -0.39 is 0 Å². The lowest BCUT2D eigenvalue weighted by atomic mass is 9.78. The van der Waals surface area contributed by atoms with E-state index in [-0.39, 0.29) is 17.4 Å². The van der Waals surface area contributed by atoms with Gasteiger partial charge in [0.25, 0.3) is 5.91 Å². The lowest BCUT2D eigenvalue weighted by Crippen LogP contribution is -2.29. The summed E-state index contributed by atoms with van der Waals surface area (Å²) in [4.78, 5) is 12.0. The first kappa shape index (κ1) is 14.1. The molecule has 19 heavy (non-hydrogen) atoms. The molecule has 1 atom stereocenters. The van der Waals surface area contributed by atoms with Crippen molar-refractivity contribution in [2.75, 3.05) is 6.54 Å². The minimum atomic E-state index is -0.0427. The Bertz CT molecular complexity index is 480. The first-order chi connectivity index (χ1) is 8.95. The molecule has 1 aromatic rings. The summed E-state index contributed by atoms with van der Waals surface area (Å²) in [5.74, 6) is 0.0378. The minimum Gasteiger partial charge on any atom is -0.352 e. The highest BCUT2D eigenvalue weighted by atomic mass is 16.1. The highest BCUT2D eigenvalue weighted by molar-refractivity contribution is 5.96. The highest BCUT2D eigenvalue weighted by Gasteiger charge is 2.27. The Morgan fingerprint density at radius 3 is 2.84 bits per heavy atom. The third kappa shape index (κ3) is 2.81. The normalized spacial score (nSPS) is 17.4. The van der Waals surface area contributed by atoms with Crippen LogP contribution in [0.25, 0.3) is 0 Å². The molecule has 0 aliphatic carbocycles. The molecule has 3 nitrogen and oxygen atoms in total. The number of amides is 1. The molecule has 0 fully saturated rings. The van der Waals surface area contributed by atoms with Crippen molar-refractivity contribution >= 4 is 5.91 Å². The monoisotopic (exact) mass is 260 g/mol. The summed E-state index contributed by atoms with van der Waals surface area (Å²) >= 11 is 0. The molecule has 3 N–H and O–H groups in total. The molecule has 104 valence electrons. The number of rotatable bonds is 3. The summed E-state index contributed by atoms with van der Waals surface area (Å²) in [5.41, 5.74) is 9.41. The number of benzene rings is 1. The number of nitrogens with two attached hydrogens (primary N) is 1. The predicted octanol–water partition coefficient (Wildman–Crippen LogP) is 2.80. The molecule has 0 aromatic heterocycles. The molecule has 0 spiro atoms. The minimum absolute atomic E-state index is 0.0371. The molecule has 0 radical (unpaired) electrons. The Kier molecular flexibility index (Phi) is 3.95. The topological polar surface area (TPSA) is 55.1 Å². The van der Waals surface area contributed by atoms with Gasteiger partial charge in [-0.1, -0.05) is 32.9 Å². The van der Waals surface area contributed by atoms with E-state index >= 15 is 0 Å². The Morgan fingerprint density at radius 1 is 1.42 bits per heavy atom. The van der Waals surface area contributed by atoms with Gasteiger partial charge in [-0.25, -0.2) is 0 Å². The van der Waals surface area contributed by atoms with Crippen LogP contribution in [-0.2, 0) is 6.42 Å². The zero-order valence-electron chi connectivity index (χ0n) is 12.1. The van der Waals surface area contributed by atoms with E-state index in [1.54, 1.807) is 0 Å². The second kappa shape index (κ2) is 5.33. The molecule has 1 aromatic carbocycles.